The van der Waals surface area contributed by atoms with E-state index in [4.69, 9.17) is 5.73 Å². The van der Waals surface area contributed by atoms with E-state index in [2.05, 4.69) is 24.1 Å². The minimum Gasteiger partial charge on any atom is -0.399 e. The fourth-order valence-electron chi connectivity index (χ4n) is 1.80. The Morgan fingerprint density at radius 3 is 2.71 bits per heavy atom. The van der Waals surface area contributed by atoms with Gasteiger partial charge in [-0.15, -0.1) is 23.7 Å². The summed E-state index contributed by atoms with van der Waals surface area (Å²) in [6, 6.07) is 7.62. The van der Waals surface area contributed by atoms with Gasteiger partial charge in [0.25, 0.3) is 0 Å². The molecular formula is C15H20ClN3OS. The van der Waals surface area contributed by atoms with Gasteiger partial charge in [0, 0.05) is 23.2 Å². The minimum atomic E-state index is -0.0297. The molecule has 21 heavy (non-hydrogen) atoms. The summed E-state index contributed by atoms with van der Waals surface area (Å²) >= 11 is 1.53. The average molecular weight is 326 g/mol. The first-order valence-corrected chi connectivity index (χ1v) is 7.47. The monoisotopic (exact) mass is 325 g/mol. The summed E-state index contributed by atoms with van der Waals surface area (Å²) in [5.74, 6) is 0.403. The summed E-state index contributed by atoms with van der Waals surface area (Å²) in [6.45, 7) is 4.22. The van der Waals surface area contributed by atoms with E-state index >= 15 is 0 Å². The number of nitrogen functional groups attached to an aromatic ring is 1. The van der Waals surface area contributed by atoms with Crippen LogP contribution in [0.5, 0.6) is 0 Å². The van der Waals surface area contributed by atoms with Crippen molar-refractivity contribution in [3.05, 3.63) is 40.9 Å². The molecule has 1 heterocycles. The van der Waals surface area contributed by atoms with Crippen LogP contribution in [0.2, 0.25) is 0 Å². The van der Waals surface area contributed by atoms with Gasteiger partial charge < -0.3 is 11.1 Å². The average Bonchev–Trinajstić information content (AvgIpc) is 2.86. The molecule has 0 aliphatic carbocycles. The van der Waals surface area contributed by atoms with Crippen molar-refractivity contribution in [3.8, 4) is 0 Å². The number of carbonyl (C=O) groups is 1. The number of benzene rings is 1. The van der Waals surface area contributed by atoms with Gasteiger partial charge in [-0.2, -0.15) is 0 Å². The van der Waals surface area contributed by atoms with Crippen LogP contribution >= 0.6 is 23.7 Å². The zero-order valence-corrected chi connectivity index (χ0v) is 13.8. The van der Waals surface area contributed by atoms with Crippen LogP contribution in [0, 0.1) is 0 Å². The first-order chi connectivity index (χ1) is 9.56. The highest BCUT2D eigenvalue weighted by atomic mass is 35.5. The lowest BCUT2D eigenvalue weighted by molar-refractivity contribution is -0.116. The summed E-state index contributed by atoms with van der Waals surface area (Å²) in [5.41, 5.74) is 7.59. The van der Waals surface area contributed by atoms with Crippen LogP contribution in [0.3, 0.4) is 0 Å². The summed E-state index contributed by atoms with van der Waals surface area (Å²) in [4.78, 5) is 17.3. The molecule has 2 aromatic rings. The third-order valence-electron chi connectivity index (χ3n) is 3.02. The van der Waals surface area contributed by atoms with Gasteiger partial charge in [0.15, 0.2) is 5.13 Å². The first kappa shape index (κ1) is 17.5. The summed E-state index contributed by atoms with van der Waals surface area (Å²) in [5, 5.41) is 3.50. The zero-order valence-electron chi connectivity index (χ0n) is 12.1. The van der Waals surface area contributed by atoms with Gasteiger partial charge >= 0.3 is 0 Å². The van der Waals surface area contributed by atoms with Crippen molar-refractivity contribution in [1.82, 2.24) is 4.98 Å². The molecule has 6 heteroatoms. The van der Waals surface area contributed by atoms with E-state index in [9.17, 15) is 4.79 Å². The fraction of sp³-hybridized carbons (Fsp3) is 0.333. The van der Waals surface area contributed by atoms with E-state index in [0.29, 0.717) is 23.9 Å². The number of nitrogens with one attached hydrogen (secondary N) is 1. The molecule has 0 saturated carbocycles. The highest BCUT2D eigenvalue weighted by Gasteiger charge is 2.09. The quantitative estimate of drug-likeness (QED) is 0.821. The molecule has 0 unspecified atom stereocenters. The molecule has 0 aliphatic rings. The van der Waals surface area contributed by atoms with Crippen molar-refractivity contribution < 1.29 is 4.79 Å². The Balaban J connectivity index is 0.00000220. The van der Waals surface area contributed by atoms with Gasteiger partial charge in [0.1, 0.15) is 0 Å². The second-order valence-corrected chi connectivity index (χ2v) is 6.03. The lowest BCUT2D eigenvalue weighted by Crippen LogP contribution is -2.12. The lowest BCUT2D eigenvalue weighted by atomic mass is 10.1. The maximum Gasteiger partial charge on any atom is 0.226 e. The maximum absolute atomic E-state index is 11.9. The normalized spacial score (nSPS) is 10.2. The molecule has 0 spiro atoms. The maximum atomic E-state index is 11.9. The Morgan fingerprint density at radius 1 is 1.38 bits per heavy atom. The Bertz CT molecular complexity index is 598. The van der Waals surface area contributed by atoms with Crippen LogP contribution in [-0.2, 0) is 11.2 Å². The summed E-state index contributed by atoms with van der Waals surface area (Å²) in [7, 11) is 0. The number of rotatable bonds is 5. The molecule has 114 valence electrons. The van der Waals surface area contributed by atoms with Gasteiger partial charge in [-0.25, -0.2) is 4.98 Å². The zero-order chi connectivity index (χ0) is 14.5. The van der Waals surface area contributed by atoms with E-state index < -0.39 is 0 Å². The Morgan fingerprint density at radius 2 is 2.10 bits per heavy atom. The van der Waals surface area contributed by atoms with Crippen LogP contribution in [0.1, 0.15) is 36.6 Å². The fourth-order valence-corrected chi connectivity index (χ4v) is 2.64. The Kier molecular flexibility index (Phi) is 6.65. The van der Waals surface area contributed by atoms with E-state index in [1.807, 2.05) is 30.5 Å². The molecule has 0 bridgehead atoms. The highest BCUT2D eigenvalue weighted by molar-refractivity contribution is 7.15. The predicted octanol–water partition coefficient (Wildman–Crippen LogP) is 3.84. The molecule has 3 N–H and O–H groups in total. The number of para-hydroxylation sites is 1. The molecule has 1 aromatic carbocycles. The number of nitrogens with two attached hydrogens (primary N) is 1. The van der Waals surface area contributed by atoms with Crippen LogP contribution in [0.15, 0.2) is 30.5 Å². The predicted molar refractivity (Wildman–Crippen MR) is 91.3 cm³/mol. The minimum absolute atomic E-state index is 0. The van der Waals surface area contributed by atoms with Crippen LogP contribution in [-0.4, -0.2) is 10.9 Å². The number of halogens is 1. The number of thiazole rings is 1. The van der Waals surface area contributed by atoms with Crippen molar-refractivity contribution in [2.45, 2.75) is 32.6 Å². The Labute approximate surface area is 135 Å². The van der Waals surface area contributed by atoms with Gasteiger partial charge in [0.05, 0.1) is 0 Å². The number of nitrogens with zero attached hydrogens (tertiary/aromatic N) is 1. The summed E-state index contributed by atoms with van der Waals surface area (Å²) < 4.78 is 0. The summed E-state index contributed by atoms with van der Waals surface area (Å²) in [6.07, 6.45) is 2.87. The van der Waals surface area contributed by atoms with Gasteiger partial charge in [-0.05, 0) is 24.0 Å². The van der Waals surface area contributed by atoms with E-state index in [1.54, 1.807) is 0 Å². The number of carbonyl (C=O) groups excluding carboxylic acids is 1. The lowest BCUT2D eigenvalue weighted by Gasteiger charge is -2.05. The van der Waals surface area contributed by atoms with Crippen molar-refractivity contribution in [2.75, 3.05) is 11.1 Å². The van der Waals surface area contributed by atoms with Crippen molar-refractivity contribution in [3.63, 3.8) is 0 Å². The van der Waals surface area contributed by atoms with Crippen molar-refractivity contribution in [2.24, 2.45) is 0 Å². The molecule has 4 nitrogen and oxygen atoms in total. The second-order valence-electron chi connectivity index (χ2n) is 4.97. The molecule has 0 atom stereocenters. The van der Waals surface area contributed by atoms with Crippen LogP contribution in [0.4, 0.5) is 10.8 Å². The SMILES string of the molecule is CC(C)c1cnc(NC(=O)CCc2ccccc2N)s1.Cl. The number of anilines is 2. The number of hydrogen-bond acceptors (Lipinski definition) is 4. The van der Waals surface area contributed by atoms with E-state index in [0.717, 1.165) is 11.3 Å². The van der Waals surface area contributed by atoms with Crippen molar-refractivity contribution in [1.29, 1.82) is 0 Å². The van der Waals surface area contributed by atoms with E-state index in [1.165, 1.54) is 16.2 Å². The molecule has 0 fully saturated rings. The smallest absolute Gasteiger partial charge is 0.226 e. The Hall–Kier alpha value is -1.59. The number of hydrogen-bond donors (Lipinski definition) is 2. The number of aromatic nitrogens is 1. The van der Waals surface area contributed by atoms with E-state index in [-0.39, 0.29) is 18.3 Å². The molecular weight excluding hydrogens is 306 g/mol. The van der Waals surface area contributed by atoms with Crippen LogP contribution < -0.4 is 11.1 Å². The van der Waals surface area contributed by atoms with Crippen molar-refractivity contribution >= 4 is 40.5 Å². The van der Waals surface area contributed by atoms with Gasteiger partial charge in [0.2, 0.25) is 5.91 Å². The first-order valence-electron chi connectivity index (χ1n) is 6.65. The van der Waals surface area contributed by atoms with Gasteiger partial charge in [-0.3, -0.25) is 4.79 Å². The molecule has 1 aromatic heterocycles. The number of amides is 1. The van der Waals surface area contributed by atoms with Gasteiger partial charge in [-0.1, -0.05) is 32.0 Å². The number of aryl methyl sites for hydroxylation is 1. The third-order valence-corrected chi connectivity index (χ3v) is 4.23. The third kappa shape index (κ3) is 5.02. The second kappa shape index (κ2) is 8.00. The molecule has 0 radical (unpaired) electrons. The molecule has 1 amide bonds. The molecule has 0 aliphatic heterocycles. The van der Waals surface area contributed by atoms with Crippen LogP contribution in [0.25, 0.3) is 0 Å². The highest BCUT2D eigenvalue weighted by Crippen LogP contribution is 2.25. The molecule has 0 saturated heterocycles. The standard InChI is InChI=1S/C15H19N3OS.ClH/c1-10(2)13-9-17-15(20-13)18-14(19)8-7-11-5-3-4-6-12(11)16;/h3-6,9-10H,7-8,16H2,1-2H3,(H,17,18,19);1H. The topological polar surface area (TPSA) is 68.0 Å². The largest absolute Gasteiger partial charge is 0.399 e. The molecule has 2 rings (SSSR count).